The predicted molar refractivity (Wildman–Crippen MR) is 87.4 cm³/mol. The minimum atomic E-state index is 0.231. The van der Waals surface area contributed by atoms with Gasteiger partial charge in [0.25, 0.3) is 0 Å². The van der Waals surface area contributed by atoms with Gasteiger partial charge in [0.1, 0.15) is 5.75 Å². The van der Waals surface area contributed by atoms with E-state index in [1.54, 1.807) is 0 Å². The summed E-state index contributed by atoms with van der Waals surface area (Å²) in [4.78, 5) is 0. The molecule has 0 fully saturated rings. The molecule has 2 heteroatoms. The Kier molecular flexibility index (Phi) is 7.68. The van der Waals surface area contributed by atoms with E-state index < -0.39 is 0 Å². The van der Waals surface area contributed by atoms with Crippen molar-refractivity contribution < 1.29 is 4.74 Å². The molecule has 0 radical (unpaired) electrons. The van der Waals surface area contributed by atoms with E-state index >= 15 is 0 Å². The predicted octanol–water partition coefficient (Wildman–Crippen LogP) is 5.09. The number of ether oxygens (including phenoxy) is 1. The molecule has 0 amide bonds. The Hall–Kier alpha value is -1.02. The van der Waals surface area contributed by atoms with Gasteiger partial charge < -0.3 is 10.1 Å². The van der Waals surface area contributed by atoms with Crippen LogP contribution in [0.1, 0.15) is 71.9 Å². The number of hydrogen-bond acceptors (Lipinski definition) is 2. The third-order valence-electron chi connectivity index (χ3n) is 3.64. The summed E-state index contributed by atoms with van der Waals surface area (Å²) < 4.78 is 5.68. The second-order valence-electron chi connectivity index (χ2n) is 5.87. The van der Waals surface area contributed by atoms with Crippen molar-refractivity contribution >= 4 is 0 Å². The molecule has 0 aliphatic rings. The van der Waals surface area contributed by atoms with Crippen LogP contribution < -0.4 is 10.1 Å². The van der Waals surface area contributed by atoms with Crippen molar-refractivity contribution in [3.63, 3.8) is 0 Å². The van der Waals surface area contributed by atoms with Gasteiger partial charge in [-0.1, -0.05) is 38.8 Å². The van der Waals surface area contributed by atoms with E-state index in [-0.39, 0.29) is 6.10 Å². The van der Waals surface area contributed by atoms with Crippen LogP contribution in [0.15, 0.2) is 24.3 Å². The molecule has 20 heavy (non-hydrogen) atoms. The van der Waals surface area contributed by atoms with Gasteiger partial charge in [-0.3, -0.25) is 0 Å². The number of unbranched alkanes of at least 4 members (excludes halogenated alkanes) is 1. The molecule has 2 unspecified atom stereocenters. The van der Waals surface area contributed by atoms with Crippen LogP contribution in [0.4, 0.5) is 0 Å². The van der Waals surface area contributed by atoms with Crippen LogP contribution >= 0.6 is 0 Å². The number of benzene rings is 1. The van der Waals surface area contributed by atoms with Crippen molar-refractivity contribution in [3.05, 3.63) is 29.8 Å². The molecule has 1 rings (SSSR count). The first-order valence-corrected chi connectivity index (χ1v) is 8.09. The highest BCUT2D eigenvalue weighted by atomic mass is 16.5. The number of hydrogen-bond donors (Lipinski definition) is 1. The summed E-state index contributed by atoms with van der Waals surface area (Å²) in [6.07, 6.45) is 5.27. The number of rotatable bonds is 9. The summed E-state index contributed by atoms with van der Waals surface area (Å²) in [5.41, 5.74) is 1.33. The van der Waals surface area contributed by atoms with Gasteiger partial charge in [-0.05, 0) is 51.3 Å². The van der Waals surface area contributed by atoms with Crippen molar-refractivity contribution in [2.45, 2.75) is 78.5 Å². The largest absolute Gasteiger partial charge is 0.491 e. The van der Waals surface area contributed by atoms with Crippen LogP contribution in [0.5, 0.6) is 5.75 Å². The van der Waals surface area contributed by atoms with Crippen molar-refractivity contribution in [3.8, 4) is 5.75 Å². The van der Waals surface area contributed by atoms with Crippen molar-refractivity contribution in [1.29, 1.82) is 0 Å². The molecule has 0 saturated carbocycles. The lowest BCUT2D eigenvalue weighted by molar-refractivity contribution is 0.242. The highest BCUT2D eigenvalue weighted by molar-refractivity contribution is 5.29. The quantitative estimate of drug-likeness (QED) is 0.678. The Balaban J connectivity index is 2.55. The normalized spacial score (nSPS) is 14.3. The monoisotopic (exact) mass is 277 g/mol. The van der Waals surface area contributed by atoms with Crippen LogP contribution in [0.25, 0.3) is 0 Å². The fourth-order valence-corrected chi connectivity index (χ4v) is 2.41. The SMILES string of the molecule is CCCCC(CC)NC(C)c1ccc(OC(C)C)cc1. The lowest BCUT2D eigenvalue weighted by Gasteiger charge is -2.23. The molecular weight excluding hydrogens is 246 g/mol. The van der Waals surface area contributed by atoms with Crippen LogP contribution in [0, 0.1) is 0 Å². The maximum Gasteiger partial charge on any atom is 0.119 e. The molecule has 0 aliphatic carbocycles. The lowest BCUT2D eigenvalue weighted by Crippen LogP contribution is -2.30. The van der Waals surface area contributed by atoms with Crippen LogP contribution in [-0.4, -0.2) is 12.1 Å². The number of nitrogens with one attached hydrogen (secondary N) is 1. The summed E-state index contributed by atoms with van der Waals surface area (Å²) in [6.45, 7) is 10.9. The second kappa shape index (κ2) is 9.02. The van der Waals surface area contributed by atoms with Gasteiger partial charge in [0, 0.05) is 12.1 Å². The molecule has 0 heterocycles. The fraction of sp³-hybridized carbons (Fsp3) is 0.667. The molecular formula is C18H31NO. The third kappa shape index (κ3) is 5.96. The van der Waals surface area contributed by atoms with Gasteiger partial charge in [-0.25, -0.2) is 0 Å². The molecule has 0 bridgehead atoms. The van der Waals surface area contributed by atoms with Crippen molar-refractivity contribution in [2.24, 2.45) is 0 Å². The fourth-order valence-electron chi connectivity index (χ4n) is 2.41. The van der Waals surface area contributed by atoms with E-state index in [0.717, 1.165) is 5.75 Å². The molecule has 0 aromatic heterocycles. The Morgan fingerprint density at radius 3 is 2.20 bits per heavy atom. The molecule has 1 N–H and O–H groups in total. The van der Waals surface area contributed by atoms with Crippen LogP contribution in [0.3, 0.4) is 0 Å². The zero-order valence-corrected chi connectivity index (χ0v) is 13.8. The highest BCUT2D eigenvalue weighted by Gasteiger charge is 2.11. The second-order valence-corrected chi connectivity index (χ2v) is 5.87. The zero-order valence-electron chi connectivity index (χ0n) is 13.8. The Labute approximate surface area is 124 Å². The van der Waals surface area contributed by atoms with Gasteiger partial charge >= 0.3 is 0 Å². The maximum absolute atomic E-state index is 5.68. The third-order valence-corrected chi connectivity index (χ3v) is 3.64. The molecule has 1 aromatic rings. The molecule has 2 nitrogen and oxygen atoms in total. The van der Waals surface area contributed by atoms with Crippen LogP contribution in [-0.2, 0) is 0 Å². The summed E-state index contributed by atoms with van der Waals surface area (Å²) in [5, 5.41) is 3.74. The maximum atomic E-state index is 5.68. The van der Waals surface area contributed by atoms with Gasteiger partial charge in [0.05, 0.1) is 6.10 Å². The van der Waals surface area contributed by atoms with E-state index in [4.69, 9.17) is 4.74 Å². The average molecular weight is 277 g/mol. The Morgan fingerprint density at radius 2 is 1.70 bits per heavy atom. The summed E-state index contributed by atoms with van der Waals surface area (Å²) >= 11 is 0. The first-order valence-electron chi connectivity index (χ1n) is 8.09. The molecule has 114 valence electrons. The summed E-state index contributed by atoms with van der Waals surface area (Å²) in [7, 11) is 0. The first-order chi connectivity index (χ1) is 9.56. The van der Waals surface area contributed by atoms with Gasteiger partial charge in [0.15, 0.2) is 0 Å². The molecule has 0 aliphatic heterocycles. The molecule has 0 saturated heterocycles. The Morgan fingerprint density at radius 1 is 1.05 bits per heavy atom. The summed E-state index contributed by atoms with van der Waals surface area (Å²) in [6, 6.07) is 9.49. The van der Waals surface area contributed by atoms with Gasteiger partial charge in [0.2, 0.25) is 0 Å². The van der Waals surface area contributed by atoms with Crippen molar-refractivity contribution in [2.75, 3.05) is 0 Å². The van der Waals surface area contributed by atoms with Gasteiger partial charge in [-0.15, -0.1) is 0 Å². The average Bonchev–Trinajstić information content (AvgIpc) is 2.43. The van der Waals surface area contributed by atoms with E-state index in [1.807, 2.05) is 0 Å². The zero-order chi connectivity index (χ0) is 15.0. The molecule has 2 atom stereocenters. The van der Waals surface area contributed by atoms with E-state index in [1.165, 1.54) is 31.2 Å². The lowest BCUT2D eigenvalue weighted by atomic mass is 10.0. The van der Waals surface area contributed by atoms with E-state index in [2.05, 4.69) is 64.2 Å². The molecule has 0 spiro atoms. The first kappa shape index (κ1) is 17.0. The Bertz CT molecular complexity index is 358. The minimum absolute atomic E-state index is 0.231. The topological polar surface area (TPSA) is 21.3 Å². The minimum Gasteiger partial charge on any atom is -0.491 e. The van der Waals surface area contributed by atoms with E-state index in [9.17, 15) is 0 Å². The summed E-state index contributed by atoms with van der Waals surface area (Å²) in [5.74, 6) is 0.953. The van der Waals surface area contributed by atoms with E-state index in [0.29, 0.717) is 12.1 Å². The van der Waals surface area contributed by atoms with Crippen molar-refractivity contribution in [1.82, 2.24) is 5.32 Å². The smallest absolute Gasteiger partial charge is 0.119 e. The molecule has 1 aromatic carbocycles. The standard InChI is InChI=1S/C18H31NO/c1-6-8-9-17(7-2)19-15(5)16-10-12-18(13-11-16)20-14(3)4/h10-15,17,19H,6-9H2,1-5H3. The van der Waals surface area contributed by atoms with Gasteiger partial charge in [-0.2, -0.15) is 0 Å². The van der Waals surface area contributed by atoms with Crippen LogP contribution in [0.2, 0.25) is 0 Å². The highest BCUT2D eigenvalue weighted by Crippen LogP contribution is 2.20.